The minimum absolute atomic E-state index is 0.00877. The van der Waals surface area contributed by atoms with Crippen LogP contribution in [0, 0.1) is 5.92 Å². The lowest BCUT2D eigenvalue weighted by Gasteiger charge is -2.14. The molecule has 16 heavy (non-hydrogen) atoms. The SMILES string of the molecule is CC(C)C(Cl)CNc1nc(C(C)(C)C)ns1. The van der Waals surface area contributed by atoms with Crippen molar-refractivity contribution in [2.45, 2.75) is 45.4 Å². The fourth-order valence-electron chi connectivity index (χ4n) is 1.02. The number of rotatable bonds is 4. The van der Waals surface area contributed by atoms with E-state index in [1.807, 2.05) is 0 Å². The Hall–Kier alpha value is -0.350. The molecule has 0 radical (unpaired) electrons. The molecule has 0 aliphatic carbocycles. The first-order valence-corrected chi connectivity index (χ1v) is 6.74. The number of anilines is 1. The second-order valence-electron chi connectivity index (χ2n) is 5.31. The smallest absolute Gasteiger partial charge is 0.202 e. The normalized spacial score (nSPS) is 14.2. The lowest BCUT2D eigenvalue weighted by atomic mass is 9.96. The molecule has 0 spiro atoms. The van der Waals surface area contributed by atoms with Gasteiger partial charge in [-0.05, 0) is 5.92 Å². The molecule has 1 aromatic rings. The van der Waals surface area contributed by atoms with E-state index in [0.29, 0.717) is 5.92 Å². The Kier molecular flexibility index (Phi) is 4.56. The van der Waals surface area contributed by atoms with Gasteiger partial charge in [0.25, 0.3) is 0 Å². The Labute approximate surface area is 107 Å². The Morgan fingerprint density at radius 2 is 2.00 bits per heavy atom. The number of nitrogens with one attached hydrogen (secondary N) is 1. The van der Waals surface area contributed by atoms with E-state index in [4.69, 9.17) is 11.6 Å². The molecule has 5 heteroatoms. The Morgan fingerprint density at radius 3 is 2.44 bits per heavy atom. The second kappa shape index (κ2) is 5.32. The summed E-state index contributed by atoms with van der Waals surface area (Å²) in [5.41, 5.74) is 0.00877. The maximum atomic E-state index is 6.16. The molecule has 92 valence electrons. The summed E-state index contributed by atoms with van der Waals surface area (Å²) in [6.07, 6.45) is 0. The highest BCUT2D eigenvalue weighted by molar-refractivity contribution is 7.09. The lowest BCUT2D eigenvalue weighted by Crippen LogP contribution is -2.19. The van der Waals surface area contributed by atoms with Gasteiger partial charge in [-0.1, -0.05) is 34.6 Å². The zero-order chi connectivity index (χ0) is 12.3. The number of aromatic nitrogens is 2. The van der Waals surface area contributed by atoms with Crippen molar-refractivity contribution in [3.63, 3.8) is 0 Å². The monoisotopic (exact) mass is 261 g/mol. The van der Waals surface area contributed by atoms with E-state index in [1.165, 1.54) is 11.5 Å². The Balaban J connectivity index is 2.53. The van der Waals surface area contributed by atoms with Crippen molar-refractivity contribution in [3.8, 4) is 0 Å². The fourth-order valence-corrected chi connectivity index (χ4v) is 1.86. The molecular weight excluding hydrogens is 242 g/mol. The molecule has 0 aliphatic rings. The molecule has 1 rings (SSSR count). The Bertz CT molecular complexity index is 330. The third-order valence-electron chi connectivity index (χ3n) is 2.27. The molecule has 1 atom stereocenters. The molecule has 0 saturated heterocycles. The van der Waals surface area contributed by atoms with Gasteiger partial charge in [0.2, 0.25) is 5.13 Å². The largest absolute Gasteiger partial charge is 0.359 e. The van der Waals surface area contributed by atoms with Gasteiger partial charge in [0, 0.05) is 23.5 Å². The van der Waals surface area contributed by atoms with Crippen LogP contribution in [0.2, 0.25) is 0 Å². The van der Waals surface area contributed by atoms with Crippen molar-refractivity contribution in [1.29, 1.82) is 0 Å². The van der Waals surface area contributed by atoms with E-state index < -0.39 is 0 Å². The van der Waals surface area contributed by atoms with E-state index in [1.54, 1.807) is 0 Å². The molecule has 1 heterocycles. The van der Waals surface area contributed by atoms with E-state index in [9.17, 15) is 0 Å². The van der Waals surface area contributed by atoms with Crippen LogP contribution in [0.5, 0.6) is 0 Å². The average molecular weight is 262 g/mol. The van der Waals surface area contributed by atoms with E-state index in [0.717, 1.165) is 17.5 Å². The maximum Gasteiger partial charge on any atom is 0.202 e. The summed E-state index contributed by atoms with van der Waals surface area (Å²) in [5, 5.41) is 4.22. The zero-order valence-corrected chi connectivity index (χ0v) is 12.1. The van der Waals surface area contributed by atoms with E-state index in [2.05, 4.69) is 49.3 Å². The van der Waals surface area contributed by atoms with Crippen LogP contribution >= 0.6 is 23.1 Å². The summed E-state index contributed by atoms with van der Waals surface area (Å²) >= 11 is 7.56. The molecule has 0 saturated carbocycles. The zero-order valence-electron chi connectivity index (χ0n) is 10.5. The van der Waals surface area contributed by atoms with Crippen LogP contribution in [-0.2, 0) is 5.41 Å². The first-order chi connectivity index (χ1) is 7.30. The van der Waals surface area contributed by atoms with Crippen LogP contribution in [0.3, 0.4) is 0 Å². The van der Waals surface area contributed by atoms with Gasteiger partial charge in [0.05, 0.1) is 5.38 Å². The standard InChI is InChI=1S/C11H20ClN3S/c1-7(2)8(12)6-13-10-14-9(15-16-10)11(3,4)5/h7-8H,6H2,1-5H3,(H,13,14,15). The molecule has 0 amide bonds. The molecule has 1 aromatic heterocycles. The predicted molar refractivity (Wildman–Crippen MR) is 71.6 cm³/mol. The topological polar surface area (TPSA) is 37.8 Å². The van der Waals surface area contributed by atoms with Crippen molar-refractivity contribution in [2.75, 3.05) is 11.9 Å². The summed E-state index contributed by atoms with van der Waals surface area (Å²) in [7, 11) is 0. The van der Waals surface area contributed by atoms with Gasteiger partial charge in [-0.15, -0.1) is 11.6 Å². The molecule has 1 unspecified atom stereocenters. The van der Waals surface area contributed by atoms with Crippen molar-refractivity contribution in [3.05, 3.63) is 5.82 Å². The van der Waals surface area contributed by atoms with Gasteiger partial charge in [-0.25, -0.2) is 4.98 Å². The third kappa shape index (κ3) is 3.91. The summed E-state index contributed by atoms with van der Waals surface area (Å²) in [5.74, 6) is 1.35. The highest BCUT2D eigenvalue weighted by Crippen LogP contribution is 2.23. The highest BCUT2D eigenvalue weighted by Gasteiger charge is 2.19. The summed E-state index contributed by atoms with van der Waals surface area (Å²) < 4.78 is 4.34. The minimum atomic E-state index is 0.00877. The van der Waals surface area contributed by atoms with Crippen LogP contribution in [0.15, 0.2) is 0 Å². The summed E-state index contributed by atoms with van der Waals surface area (Å²) in [4.78, 5) is 4.45. The molecule has 0 aromatic carbocycles. The minimum Gasteiger partial charge on any atom is -0.359 e. The quantitative estimate of drug-likeness (QED) is 0.843. The van der Waals surface area contributed by atoms with Gasteiger partial charge in [0.15, 0.2) is 0 Å². The number of halogens is 1. The van der Waals surface area contributed by atoms with Crippen molar-refractivity contribution >= 4 is 28.3 Å². The maximum absolute atomic E-state index is 6.16. The summed E-state index contributed by atoms with van der Waals surface area (Å²) in [6, 6.07) is 0. The van der Waals surface area contributed by atoms with Gasteiger partial charge < -0.3 is 5.32 Å². The fraction of sp³-hybridized carbons (Fsp3) is 0.818. The number of hydrogen-bond acceptors (Lipinski definition) is 4. The van der Waals surface area contributed by atoms with Crippen LogP contribution < -0.4 is 5.32 Å². The van der Waals surface area contributed by atoms with Gasteiger partial charge in [0.1, 0.15) is 5.82 Å². The van der Waals surface area contributed by atoms with Gasteiger partial charge in [-0.3, -0.25) is 0 Å². The number of hydrogen-bond donors (Lipinski definition) is 1. The van der Waals surface area contributed by atoms with Crippen LogP contribution in [0.1, 0.15) is 40.4 Å². The molecule has 3 nitrogen and oxygen atoms in total. The van der Waals surface area contributed by atoms with Crippen LogP contribution in [-0.4, -0.2) is 21.3 Å². The van der Waals surface area contributed by atoms with Crippen molar-refractivity contribution in [1.82, 2.24) is 9.36 Å². The predicted octanol–water partition coefficient (Wildman–Crippen LogP) is 3.51. The van der Waals surface area contributed by atoms with Gasteiger partial charge in [-0.2, -0.15) is 4.37 Å². The second-order valence-corrected chi connectivity index (χ2v) is 6.63. The van der Waals surface area contributed by atoms with Crippen molar-refractivity contribution in [2.24, 2.45) is 5.92 Å². The Morgan fingerprint density at radius 1 is 1.38 bits per heavy atom. The highest BCUT2D eigenvalue weighted by atomic mass is 35.5. The average Bonchev–Trinajstić information content (AvgIpc) is 2.61. The molecule has 0 fully saturated rings. The third-order valence-corrected chi connectivity index (χ3v) is 3.60. The van der Waals surface area contributed by atoms with Crippen LogP contribution in [0.4, 0.5) is 5.13 Å². The first-order valence-electron chi connectivity index (χ1n) is 5.53. The number of alkyl halides is 1. The molecule has 0 bridgehead atoms. The van der Waals surface area contributed by atoms with E-state index >= 15 is 0 Å². The van der Waals surface area contributed by atoms with Crippen molar-refractivity contribution < 1.29 is 0 Å². The lowest BCUT2D eigenvalue weighted by molar-refractivity contribution is 0.555. The molecule has 1 N–H and O–H groups in total. The van der Waals surface area contributed by atoms with Gasteiger partial charge >= 0.3 is 0 Å². The number of nitrogens with zero attached hydrogens (tertiary/aromatic N) is 2. The first kappa shape index (κ1) is 13.7. The van der Waals surface area contributed by atoms with E-state index in [-0.39, 0.29) is 10.8 Å². The molecule has 0 aliphatic heterocycles. The van der Waals surface area contributed by atoms with Crippen LogP contribution in [0.25, 0.3) is 0 Å². The molecular formula is C11H20ClN3S. The summed E-state index contributed by atoms with van der Waals surface area (Å²) in [6.45, 7) is 11.3.